The number of ether oxygens (including phenoxy) is 1. The van der Waals surface area contributed by atoms with Crippen LogP contribution in [0.3, 0.4) is 0 Å². The Hall–Kier alpha value is -1.31. The van der Waals surface area contributed by atoms with Gasteiger partial charge in [0.15, 0.2) is 0 Å². The number of esters is 1. The molecule has 1 aromatic carbocycles. The van der Waals surface area contributed by atoms with E-state index in [1.54, 1.807) is 0 Å². The molecule has 2 nitrogen and oxygen atoms in total. The van der Waals surface area contributed by atoms with E-state index in [-0.39, 0.29) is 5.97 Å². The second-order valence-corrected chi connectivity index (χ2v) is 9.29. The third kappa shape index (κ3) is 5.84. The van der Waals surface area contributed by atoms with Gasteiger partial charge in [0.05, 0.1) is 12.2 Å². The molecule has 2 saturated carbocycles. The molecule has 28 heavy (non-hydrogen) atoms. The van der Waals surface area contributed by atoms with Crippen molar-refractivity contribution < 1.29 is 9.53 Å². The molecule has 3 rings (SSSR count). The minimum absolute atomic E-state index is 0.188. The zero-order chi connectivity index (χ0) is 19.8. The quantitative estimate of drug-likeness (QED) is 0.433. The standard InChI is InChI=1S/C26H40O2/c1-3-5-6-20-7-9-21(10-8-20)22-11-13-23(14-12-22)24-15-17-25(18-16-24)26(27)28-19-4-2/h15-18,20-23H,3-14,19H2,1-2H3/t20-,21-,22?,23?. The SMILES string of the molecule is CCCC[C@H]1CC[C@H](C2CCC(c3ccc(C(=O)OCCC)cc3)CC2)CC1. The number of hydrogen-bond donors (Lipinski definition) is 0. The lowest BCUT2D eigenvalue weighted by atomic mass is 9.68. The van der Waals surface area contributed by atoms with Gasteiger partial charge in [0, 0.05) is 0 Å². The van der Waals surface area contributed by atoms with Crippen molar-refractivity contribution in [2.45, 2.75) is 96.8 Å². The van der Waals surface area contributed by atoms with Gasteiger partial charge in [-0.15, -0.1) is 0 Å². The number of carbonyl (C=O) groups excluding carboxylic acids is 1. The molecule has 0 unspecified atom stereocenters. The van der Waals surface area contributed by atoms with E-state index in [1.165, 1.54) is 76.2 Å². The maximum absolute atomic E-state index is 12.0. The Kier molecular flexibility index (Phi) is 8.43. The predicted molar refractivity (Wildman–Crippen MR) is 117 cm³/mol. The van der Waals surface area contributed by atoms with Gasteiger partial charge >= 0.3 is 5.97 Å². The minimum Gasteiger partial charge on any atom is -0.462 e. The first-order valence-electron chi connectivity index (χ1n) is 12.0. The molecule has 0 aliphatic heterocycles. The van der Waals surface area contributed by atoms with E-state index in [0.29, 0.717) is 18.1 Å². The highest BCUT2D eigenvalue weighted by atomic mass is 16.5. The first-order valence-corrected chi connectivity index (χ1v) is 12.0. The van der Waals surface area contributed by atoms with Crippen LogP contribution in [0.5, 0.6) is 0 Å². The summed E-state index contributed by atoms with van der Waals surface area (Å²) in [5.41, 5.74) is 2.10. The fourth-order valence-electron chi connectivity index (χ4n) is 5.53. The lowest BCUT2D eigenvalue weighted by Crippen LogP contribution is -2.25. The van der Waals surface area contributed by atoms with Crippen LogP contribution < -0.4 is 0 Å². The monoisotopic (exact) mass is 384 g/mol. The maximum Gasteiger partial charge on any atom is 0.338 e. The largest absolute Gasteiger partial charge is 0.462 e. The van der Waals surface area contributed by atoms with E-state index in [2.05, 4.69) is 19.1 Å². The summed E-state index contributed by atoms with van der Waals surface area (Å²) >= 11 is 0. The van der Waals surface area contributed by atoms with Crippen LogP contribution in [0.4, 0.5) is 0 Å². The second kappa shape index (κ2) is 11.0. The van der Waals surface area contributed by atoms with Crippen molar-refractivity contribution in [3.8, 4) is 0 Å². The van der Waals surface area contributed by atoms with Crippen molar-refractivity contribution in [2.24, 2.45) is 17.8 Å². The third-order valence-corrected chi connectivity index (χ3v) is 7.35. The van der Waals surface area contributed by atoms with Gasteiger partial charge < -0.3 is 4.74 Å². The Morgan fingerprint density at radius 3 is 2.04 bits per heavy atom. The summed E-state index contributed by atoms with van der Waals surface area (Å²) in [6, 6.07) is 8.23. The van der Waals surface area contributed by atoms with Crippen LogP contribution in [0.2, 0.25) is 0 Å². The van der Waals surface area contributed by atoms with Crippen molar-refractivity contribution >= 4 is 5.97 Å². The Bertz CT molecular complexity index is 575. The van der Waals surface area contributed by atoms with Gasteiger partial charge in [0.25, 0.3) is 0 Å². The molecule has 0 bridgehead atoms. The van der Waals surface area contributed by atoms with Crippen LogP contribution in [-0.4, -0.2) is 12.6 Å². The van der Waals surface area contributed by atoms with E-state index in [4.69, 9.17) is 4.74 Å². The lowest BCUT2D eigenvalue weighted by molar-refractivity contribution is 0.0505. The molecule has 0 aromatic heterocycles. The van der Waals surface area contributed by atoms with E-state index >= 15 is 0 Å². The number of unbranched alkanes of at least 4 members (excludes halogenated alkanes) is 1. The van der Waals surface area contributed by atoms with Crippen molar-refractivity contribution in [3.63, 3.8) is 0 Å². The van der Waals surface area contributed by atoms with Crippen LogP contribution in [0.1, 0.15) is 113 Å². The summed E-state index contributed by atoms with van der Waals surface area (Å²) in [5.74, 6) is 3.47. The smallest absolute Gasteiger partial charge is 0.338 e. The Morgan fingerprint density at radius 1 is 0.857 bits per heavy atom. The summed E-state index contributed by atoms with van der Waals surface area (Å²) in [4.78, 5) is 12.0. The predicted octanol–water partition coefficient (Wildman–Crippen LogP) is 7.52. The van der Waals surface area contributed by atoms with Gasteiger partial charge in [-0.1, -0.05) is 58.1 Å². The Balaban J connectivity index is 1.43. The van der Waals surface area contributed by atoms with Gasteiger partial charge in [0.2, 0.25) is 0 Å². The average molecular weight is 385 g/mol. The van der Waals surface area contributed by atoms with Gasteiger partial charge in [-0.25, -0.2) is 4.79 Å². The summed E-state index contributed by atoms with van der Waals surface area (Å²) in [6.45, 7) is 4.84. The topological polar surface area (TPSA) is 26.3 Å². The van der Waals surface area contributed by atoms with Gasteiger partial charge in [-0.05, 0) is 86.3 Å². The van der Waals surface area contributed by atoms with Crippen LogP contribution in [0, 0.1) is 17.8 Å². The molecule has 0 radical (unpaired) electrons. The molecule has 0 atom stereocenters. The molecule has 0 amide bonds. The third-order valence-electron chi connectivity index (χ3n) is 7.35. The molecule has 0 N–H and O–H groups in total. The molecule has 0 heterocycles. The molecule has 2 heteroatoms. The summed E-state index contributed by atoms with van der Waals surface area (Å²) in [7, 11) is 0. The van der Waals surface area contributed by atoms with Crippen molar-refractivity contribution in [2.75, 3.05) is 6.61 Å². The molecule has 2 fully saturated rings. The molecule has 0 spiro atoms. The number of benzene rings is 1. The fraction of sp³-hybridized carbons (Fsp3) is 0.731. The summed E-state index contributed by atoms with van der Waals surface area (Å²) < 4.78 is 5.23. The fourth-order valence-corrected chi connectivity index (χ4v) is 5.53. The van der Waals surface area contributed by atoms with Crippen LogP contribution in [0.15, 0.2) is 24.3 Å². The molecule has 2 aliphatic carbocycles. The molecular formula is C26H40O2. The molecule has 2 aliphatic rings. The number of rotatable bonds is 8. The normalized spacial score (nSPS) is 28.1. The molecular weight excluding hydrogens is 344 g/mol. The zero-order valence-corrected chi connectivity index (χ0v) is 18.1. The van der Waals surface area contributed by atoms with Crippen molar-refractivity contribution in [1.29, 1.82) is 0 Å². The highest BCUT2D eigenvalue weighted by Crippen LogP contribution is 2.44. The van der Waals surface area contributed by atoms with E-state index in [0.717, 1.165) is 24.2 Å². The van der Waals surface area contributed by atoms with Gasteiger partial charge in [-0.2, -0.15) is 0 Å². The number of carbonyl (C=O) groups is 1. The lowest BCUT2D eigenvalue weighted by Gasteiger charge is -2.38. The Morgan fingerprint density at radius 2 is 1.46 bits per heavy atom. The molecule has 156 valence electrons. The molecule has 0 saturated heterocycles. The summed E-state index contributed by atoms with van der Waals surface area (Å²) in [5, 5.41) is 0. The van der Waals surface area contributed by atoms with E-state index < -0.39 is 0 Å². The molecule has 1 aromatic rings. The van der Waals surface area contributed by atoms with Crippen molar-refractivity contribution in [1.82, 2.24) is 0 Å². The van der Waals surface area contributed by atoms with E-state index in [9.17, 15) is 4.79 Å². The summed E-state index contributed by atoms with van der Waals surface area (Å²) in [6.07, 6.45) is 16.5. The van der Waals surface area contributed by atoms with Gasteiger partial charge in [-0.3, -0.25) is 0 Å². The highest BCUT2D eigenvalue weighted by Gasteiger charge is 2.31. The zero-order valence-electron chi connectivity index (χ0n) is 18.1. The van der Waals surface area contributed by atoms with Crippen LogP contribution >= 0.6 is 0 Å². The van der Waals surface area contributed by atoms with Gasteiger partial charge in [0.1, 0.15) is 0 Å². The number of hydrogen-bond acceptors (Lipinski definition) is 2. The van der Waals surface area contributed by atoms with Crippen molar-refractivity contribution in [3.05, 3.63) is 35.4 Å². The van der Waals surface area contributed by atoms with E-state index in [1.807, 2.05) is 19.1 Å². The highest BCUT2D eigenvalue weighted by molar-refractivity contribution is 5.89. The first-order chi connectivity index (χ1) is 13.7. The van der Waals surface area contributed by atoms with Crippen LogP contribution in [0.25, 0.3) is 0 Å². The minimum atomic E-state index is -0.188. The maximum atomic E-state index is 12.0. The first kappa shape index (κ1) is 21.4. The van der Waals surface area contributed by atoms with Crippen LogP contribution in [-0.2, 0) is 4.74 Å². The second-order valence-electron chi connectivity index (χ2n) is 9.29. The average Bonchev–Trinajstić information content (AvgIpc) is 2.76. The Labute approximate surface area is 172 Å².